The Morgan fingerprint density at radius 1 is 1.55 bits per heavy atom. The molecule has 11 heavy (non-hydrogen) atoms. The molecule has 0 heterocycles. The number of carboxylic acids is 1. The average Bonchev–Trinajstić information content (AvgIpc) is 1.78. The lowest BCUT2D eigenvalue weighted by atomic mass is 10.1. The van der Waals surface area contributed by atoms with Crippen LogP contribution in [0, 0.1) is 0 Å². The van der Waals surface area contributed by atoms with Gasteiger partial charge in [0.1, 0.15) is 6.61 Å². The van der Waals surface area contributed by atoms with Crippen molar-refractivity contribution >= 4 is 5.97 Å². The van der Waals surface area contributed by atoms with Gasteiger partial charge in [0.25, 0.3) is 0 Å². The molecule has 0 saturated carbocycles. The average molecular weight is 162 g/mol. The minimum absolute atomic E-state index is 0.274. The number of ether oxygens (including phenoxy) is 1. The summed E-state index contributed by atoms with van der Waals surface area (Å²) in [6.07, 6.45) is 0.445. The number of hydrogen-bond acceptors (Lipinski definition) is 3. The first-order valence-corrected chi connectivity index (χ1v) is 3.44. The second-order valence-electron chi connectivity index (χ2n) is 3.01. The van der Waals surface area contributed by atoms with Crippen LogP contribution >= 0.6 is 0 Å². The standard InChI is InChI=1S/C7H14O4/c1-7(2,10)3-4-11-5-6(8)9/h10H,3-5H2,1-2H3,(H,8,9). The number of aliphatic carboxylic acids is 1. The van der Waals surface area contributed by atoms with Gasteiger partial charge in [0.2, 0.25) is 0 Å². The van der Waals surface area contributed by atoms with Crippen LogP contribution in [-0.2, 0) is 9.53 Å². The zero-order valence-electron chi connectivity index (χ0n) is 6.83. The van der Waals surface area contributed by atoms with Crippen molar-refractivity contribution in [3.8, 4) is 0 Å². The van der Waals surface area contributed by atoms with Gasteiger partial charge < -0.3 is 14.9 Å². The van der Waals surface area contributed by atoms with Gasteiger partial charge in [-0.1, -0.05) is 0 Å². The summed E-state index contributed by atoms with van der Waals surface area (Å²) in [6, 6.07) is 0. The lowest BCUT2D eigenvalue weighted by Gasteiger charge is -2.15. The van der Waals surface area contributed by atoms with Crippen molar-refractivity contribution in [3.63, 3.8) is 0 Å². The lowest BCUT2D eigenvalue weighted by molar-refractivity contribution is -0.142. The highest BCUT2D eigenvalue weighted by molar-refractivity contribution is 5.67. The number of carboxylic acid groups (broad SMARTS) is 1. The molecule has 4 nitrogen and oxygen atoms in total. The molecule has 0 saturated heterocycles. The minimum Gasteiger partial charge on any atom is -0.480 e. The van der Waals surface area contributed by atoms with Gasteiger partial charge in [-0.25, -0.2) is 4.79 Å². The highest BCUT2D eigenvalue weighted by Crippen LogP contribution is 2.06. The Hall–Kier alpha value is -0.610. The molecule has 0 bridgehead atoms. The molecule has 0 aromatic carbocycles. The number of hydrogen-bond donors (Lipinski definition) is 2. The van der Waals surface area contributed by atoms with Crippen molar-refractivity contribution in [2.24, 2.45) is 0 Å². The van der Waals surface area contributed by atoms with E-state index in [1.807, 2.05) is 0 Å². The summed E-state index contributed by atoms with van der Waals surface area (Å²) in [4.78, 5) is 9.94. The van der Waals surface area contributed by atoms with Crippen molar-refractivity contribution in [1.82, 2.24) is 0 Å². The fraction of sp³-hybridized carbons (Fsp3) is 0.857. The molecule has 0 radical (unpaired) electrons. The maximum atomic E-state index is 9.94. The van der Waals surface area contributed by atoms with Gasteiger partial charge in [-0.3, -0.25) is 0 Å². The highest BCUT2D eigenvalue weighted by Gasteiger charge is 2.11. The van der Waals surface area contributed by atoms with E-state index in [0.717, 1.165) is 0 Å². The van der Waals surface area contributed by atoms with Gasteiger partial charge in [0, 0.05) is 0 Å². The van der Waals surface area contributed by atoms with E-state index in [0.29, 0.717) is 6.42 Å². The molecule has 0 atom stereocenters. The summed E-state index contributed by atoms with van der Waals surface area (Å²) in [6.45, 7) is 3.28. The Kier molecular flexibility index (Phi) is 4.07. The zero-order chi connectivity index (χ0) is 8.91. The van der Waals surface area contributed by atoms with Crippen molar-refractivity contribution in [3.05, 3.63) is 0 Å². The van der Waals surface area contributed by atoms with Gasteiger partial charge in [-0.15, -0.1) is 0 Å². The Bertz CT molecular complexity index is 125. The van der Waals surface area contributed by atoms with Crippen LogP contribution in [0.4, 0.5) is 0 Å². The topological polar surface area (TPSA) is 66.8 Å². The summed E-state index contributed by atoms with van der Waals surface area (Å²) < 4.78 is 4.71. The van der Waals surface area contributed by atoms with Crippen LogP contribution in [-0.4, -0.2) is 35.0 Å². The first-order chi connectivity index (χ1) is 4.92. The molecule has 4 heteroatoms. The fourth-order valence-corrected chi connectivity index (χ4v) is 0.481. The molecule has 0 spiro atoms. The van der Waals surface area contributed by atoms with E-state index in [1.54, 1.807) is 13.8 Å². The highest BCUT2D eigenvalue weighted by atomic mass is 16.5. The molecule has 0 amide bonds. The Morgan fingerprint density at radius 3 is 2.45 bits per heavy atom. The third-order valence-electron chi connectivity index (χ3n) is 1.08. The van der Waals surface area contributed by atoms with E-state index < -0.39 is 11.6 Å². The molecule has 0 aliphatic carbocycles. The van der Waals surface area contributed by atoms with Crippen LogP contribution in [0.2, 0.25) is 0 Å². The van der Waals surface area contributed by atoms with Gasteiger partial charge in [0.05, 0.1) is 12.2 Å². The minimum atomic E-state index is -0.985. The van der Waals surface area contributed by atoms with Crippen LogP contribution in [0.25, 0.3) is 0 Å². The Morgan fingerprint density at radius 2 is 2.09 bits per heavy atom. The summed E-state index contributed by atoms with van der Waals surface area (Å²) in [5.74, 6) is -0.985. The van der Waals surface area contributed by atoms with Crippen molar-refractivity contribution in [2.75, 3.05) is 13.2 Å². The van der Waals surface area contributed by atoms with E-state index >= 15 is 0 Å². The Balaban J connectivity index is 3.22. The maximum absolute atomic E-state index is 9.94. The van der Waals surface area contributed by atoms with E-state index in [2.05, 4.69) is 0 Å². The third kappa shape index (κ3) is 9.39. The number of rotatable bonds is 5. The van der Waals surface area contributed by atoms with Crippen molar-refractivity contribution < 1.29 is 19.7 Å². The first kappa shape index (κ1) is 10.4. The second-order valence-corrected chi connectivity index (χ2v) is 3.01. The van der Waals surface area contributed by atoms with Crippen molar-refractivity contribution in [1.29, 1.82) is 0 Å². The second kappa shape index (κ2) is 4.31. The monoisotopic (exact) mass is 162 g/mol. The largest absolute Gasteiger partial charge is 0.480 e. The molecule has 2 N–H and O–H groups in total. The molecule has 0 aliphatic rings. The molecule has 0 rings (SSSR count). The van der Waals surface area contributed by atoms with Gasteiger partial charge >= 0.3 is 5.97 Å². The molecule has 66 valence electrons. The Labute approximate surface area is 65.8 Å². The lowest BCUT2D eigenvalue weighted by Crippen LogP contribution is -2.21. The molecule has 0 unspecified atom stereocenters. The molecule has 0 aromatic heterocycles. The summed E-state index contributed by atoms with van der Waals surface area (Å²) >= 11 is 0. The van der Waals surface area contributed by atoms with Crippen LogP contribution in [0.1, 0.15) is 20.3 Å². The molecule has 0 aliphatic heterocycles. The molecule has 0 aromatic rings. The SMILES string of the molecule is CC(C)(O)CCOCC(=O)O. The molecule has 0 fully saturated rings. The summed E-state index contributed by atoms with van der Waals surface area (Å²) in [5.41, 5.74) is -0.779. The third-order valence-corrected chi connectivity index (χ3v) is 1.08. The number of carbonyl (C=O) groups is 1. The van der Waals surface area contributed by atoms with Crippen LogP contribution in [0.15, 0.2) is 0 Å². The summed E-state index contributed by atoms with van der Waals surface area (Å²) in [5, 5.41) is 17.3. The molecular formula is C7H14O4. The van der Waals surface area contributed by atoms with Crippen LogP contribution in [0.3, 0.4) is 0 Å². The predicted molar refractivity (Wildman–Crippen MR) is 39.4 cm³/mol. The van der Waals surface area contributed by atoms with E-state index in [1.165, 1.54) is 0 Å². The van der Waals surface area contributed by atoms with Crippen LogP contribution < -0.4 is 0 Å². The smallest absolute Gasteiger partial charge is 0.329 e. The quantitative estimate of drug-likeness (QED) is 0.568. The molecular weight excluding hydrogens is 148 g/mol. The van der Waals surface area contributed by atoms with Crippen LogP contribution in [0.5, 0.6) is 0 Å². The predicted octanol–water partition coefficient (Wildman–Crippen LogP) is 0.249. The van der Waals surface area contributed by atoms with Gasteiger partial charge in [0.15, 0.2) is 0 Å². The summed E-state index contributed by atoms with van der Waals surface area (Å²) in [7, 11) is 0. The maximum Gasteiger partial charge on any atom is 0.329 e. The zero-order valence-corrected chi connectivity index (χ0v) is 6.83. The number of aliphatic hydroxyl groups is 1. The van der Waals surface area contributed by atoms with E-state index in [9.17, 15) is 4.79 Å². The van der Waals surface area contributed by atoms with Gasteiger partial charge in [-0.2, -0.15) is 0 Å². The first-order valence-electron chi connectivity index (χ1n) is 3.44. The fourth-order valence-electron chi connectivity index (χ4n) is 0.481. The van der Waals surface area contributed by atoms with Gasteiger partial charge in [-0.05, 0) is 20.3 Å². The van der Waals surface area contributed by atoms with E-state index in [-0.39, 0.29) is 13.2 Å². The van der Waals surface area contributed by atoms with Crippen molar-refractivity contribution in [2.45, 2.75) is 25.9 Å². The van der Waals surface area contributed by atoms with E-state index in [4.69, 9.17) is 14.9 Å². The normalized spacial score (nSPS) is 11.5.